The minimum Gasteiger partial charge on any atom is -0.334 e. The van der Waals surface area contributed by atoms with Crippen molar-refractivity contribution in [1.82, 2.24) is 4.98 Å². The van der Waals surface area contributed by atoms with Crippen LogP contribution in [0.2, 0.25) is 0 Å². The van der Waals surface area contributed by atoms with E-state index in [-0.39, 0.29) is 23.5 Å². The highest BCUT2D eigenvalue weighted by Gasteiger charge is 2.41. The molecule has 0 aliphatic carbocycles. The minimum absolute atomic E-state index is 0.0916. The Labute approximate surface area is 183 Å². The Morgan fingerprint density at radius 2 is 2.03 bits per heavy atom. The molecule has 0 spiro atoms. The molecular weight excluding hydrogens is 425 g/mol. The molecule has 1 saturated heterocycles. The number of nitriles is 1. The fourth-order valence-corrected chi connectivity index (χ4v) is 4.83. The first kappa shape index (κ1) is 22.9. The molecule has 2 heterocycles. The second-order valence-corrected chi connectivity index (χ2v) is 8.87. The Morgan fingerprint density at radius 3 is 2.61 bits per heavy atom. The number of rotatable bonds is 4. The van der Waals surface area contributed by atoms with Gasteiger partial charge in [-0.25, -0.2) is 4.98 Å². The third-order valence-corrected chi connectivity index (χ3v) is 6.14. The average molecular weight is 449 g/mol. The van der Waals surface area contributed by atoms with Crippen LogP contribution in [0.25, 0.3) is 0 Å². The second kappa shape index (κ2) is 8.79. The number of carbonyl (C=O) groups excluding carboxylic acids is 1. The Morgan fingerprint density at radius 1 is 1.32 bits per heavy atom. The van der Waals surface area contributed by atoms with Crippen LogP contribution in [-0.4, -0.2) is 34.6 Å². The van der Waals surface area contributed by atoms with Crippen LogP contribution in [0.5, 0.6) is 0 Å². The number of hydrogen-bond acceptors (Lipinski definition) is 5. The number of carbonyl (C=O) groups is 1. The number of aromatic nitrogens is 1. The van der Waals surface area contributed by atoms with Crippen LogP contribution >= 0.6 is 11.8 Å². The van der Waals surface area contributed by atoms with E-state index >= 15 is 0 Å². The monoisotopic (exact) mass is 448 g/mol. The summed E-state index contributed by atoms with van der Waals surface area (Å²) in [4.78, 5) is 21.0. The first-order valence-electron chi connectivity index (χ1n) is 9.81. The van der Waals surface area contributed by atoms with Gasteiger partial charge in [-0.1, -0.05) is 12.1 Å². The molecule has 0 radical (unpaired) electrons. The molecular formula is C22H23F3N4OS. The molecule has 1 unspecified atom stereocenters. The predicted octanol–water partition coefficient (Wildman–Crippen LogP) is 4.91. The van der Waals surface area contributed by atoms with Gasteiger partial charge in [0.1, 0.15) is 17.5 Å². The van der Waals surface area contributed by atoms with Gasteiger partial charge < -0.3 is 9.80 Å². The summed E-state index contributed by atoms with van der Waals surface area (Å²) in [7, 11) is 0. The number of amides is 1. The standard InChI is InChI=1S/C22H23F3N4OS/c1-13(2)29(16-7-5-6-14(3)10-16)20(30)21-28(8-9-31-21)19-17(12-26)18(22(23,24)25)11-15(4)27-19/h5-7,10-11,13,21H,8-9H2,1-4H3. The lowest BCUT2D eigenvalue weighted by Crippen LogP contribution is -2.48. The van der Waals surface area contributed by atoms with E-state index in [2.05, 4.69) is 4.98 Å². The molecule has 0 saturated carbocycles. The number of alkyl halides is 3. The van der Waals surface area contributed by atoms with E-state index in [4.69, 9.17) is 0 Å². The topological polar surface area (TPSA) is 60.2 Å². The fraction of sp³-hybridized carbons (Fsp3) is 0.409. The normalized spacial score (nSPS) is 16.5. The molecule has 31 heavy (non-hydrogen) atoms. The van der Waals surface area contributed by atoms with Gasteiger partial charge in [-0.2, -0.15) is 18.4 Å². The predicted molar refractivity (Wildman–Crippen MR) is 116 cm³/mol. The van der Waals surface area contributed by atoms with Crippen LogP contribution in [0.4, 0.5) is 24.7 Å². The van der Waals surface area contributed by atoms with Crippen LogP contribution < -0.4 is 9.80 Å². The van der Waals surface area contributed by atoms with Gasteiger partial charge in [0.25, 0.3) is 5.91 Å². The maximum Gasteiger partial charge on any atom is 0.417 e. The van der Waals surface area contributed by atoms with Gasteiger partial charge in [-0.3, -0.25) is 4.79 Å². The Hall–Kier alpha value is -2.73. The summed E-state index contributed by atoms with van der Waals surface area (Å²) in [5.74, 6) is 0.202. The molecule has 2 aromatic rings. The second-order valence-electron chi connectivity index (χ2n) is 7.68. The van der Waals surface area contributed by atoms with Crippen molar-refractivity contribution in [3.63, 3.8) is 0 Å². The van der Waals surface area contributed by atoms with Crippen molar-refractivity contribution in [2.24, 2.45) is 0 Å². The van der Waals surface area contributed by atoms with Gasteiger partial charge in [-0.15, -0.1) is 11.8 Å². The van der Waals surface area contributed by atoms with Crippen molar-refractivity contribution >= 4 is 29.2 Å². The molecule has 1 fully saturated rings. The smallest absolute Gasteiger partial charge is 0.334 e. The van der Waals surface area contributed by atoms with Gasteiger partial charge >= 0.3 is 6.18 Å². The third kappa shape index (κ3) is 4.64. The van der Waals surface area contributed by atoms with E-state index in [9.17, 15) is 23.2 Å². The molecule has 1 aliphatic rings. The molecule has 1 aliphatic heterocycles. The highest BCUT2D eigenvalue weighted by Crippen LogP contribution is 2.39. The van der Waals surface area contributed by atoms with Crippen LogP contribution in [0.1, 0.15) is 36.2 Å². The van der Waals surface area contributed by atoms with E-state index in [1.165, 1.54) is 23.6 Å². The van der Waals surface area contributed by atoms with E-state index in [0.717, 1.165) is 17.3 Å². The van der Waals surface area contributed by atoms with Crippen molar-refractivity contribution in [3.05, 3.63) is 52.7 Å². The van der Waals surface area contributed by atoms with Gasteiger partial charge in [0.05, 0.1) is 5.56 Å². The molecule has 0 bridgehead atoms. The van der Waals surface area contributed by atoms with Crippen molar-refractivity contribution in [2.75, 3.05) is 22.1 Å². The van der Waals surface area contributed by atoms with E-state index in [1.54, 1.807) is 11.0 Å². The number of benzene rings is 1. The van der Waals surface area contributed by atoms with Crippen LogP contribution in [-0.2, 0) is 11.0 Å². The summed E-state index contributed by atoms with van der Waals surface area (Å²) >= 11 is 1.34. The van der Waals surface area contributed by atoms with Gasteiger partial charge in [0, 0.05) is 29.7 Å². The molecule has 0 N–H and O–H groups in total. The molecule has 5 nitrogen and oxygen atoms in total. The highest BCUT2D eigenvalue weighted by atomic mass is 32.2. The summed E-state index contributed by atoms with van der Waals surface area (Å²) in [6.45, 7) is 7.48. The minimum atomic E-state index is -4.69. The van der Waals surface area contributed by atoms with Crippen molar-refractivity contribution in [1.29, 1.82) is 5.26 Å². The summed E-state index contributed by atoms with van der Waals surface area (Å²) < 4.78 is 40.7. The third-order valence-electron chi connectivity index (χ3n) is 4.95. The Bertz CT molecular complexity index is 1030. The summed E-state index contributed by atoms with van der Waals surface area (Å²) in [6.07, 6.45) is -4.69. The molecule has 3 rings (SSSR count). The van der Waals surface area contributed by atoms with Gasteiger partial charge in [-0.05, 0) is 51.5 Å². The van der Waals surface area contributed by atoms with E-state index in [1.807, 2.05) is 45.0 Å². The average Bonchev–Trinajstić information content (AvgIpc) is 3.16. The molecule has 1 aromatic heterocycles. The number of thioether (sulfide) groups is 1. The van der Waals surface area contributed by atoms with Gasteiger partial charge in [0.15, 0.2) is 5.37 Å². The van der Waals surface area contributed by atoms with Gasteiger partial charge in [0.2, 0.25) is 0 Å². The lowest BCUT2D eigenvalue weighted by molar-refractivity contribution is -0.137. The summed E-state index contributed by atoms with van der Waals surface area (Å²) in [5.41, 5.74) is 0.281. The maximum atomic E-state index is 13.6. The lowest BCUT2D eigenvalue weighted by Gasteiger charge is -2.33. The van der Waals surface area contributed by atoms with Crippen LogP contribution in [0, 0.1) is 25.2 Å². The number of pyridine rings is 1. The number of aryl methyl sites for hydroxylation is 2. The van der Waals surface area contributed by atoms with Crippen molar-refractivity contribution in [2.45, 2.75) is 45.3 Å². The number of halogens is 3. The largest absolute Gasteiger partial charge is 0.417 e. The Balaban J connectivity index is 2.06. The molecule has 1 amide bonds. The fourth-order valence-electron chi connectivity index (χ4n) is 3.67. The first-order valence-corrected chi connectivity index (χ1v) is 10.9. The Kier molecular flexibility index (Phi) is 6.51. The zero-order chi connectivity index (χ0) is 22.9. The zero-order valence-corrected chi connectivity index (χ0v) is 18.5. The molecule has 1 aromatic carbocycles. The SMILES string of the molecule is Cc1cccc(N(C(=O)C2SCCN2c2nc(C)cc(C(F)(F)F)c2C#N)C(C)C)c1. The van der Waals surface area contributed by atoms with E-state index < -0.39 is 22.7 Å². The number of nitrogens with zero attached hydrogens (tertiary/aromatic N) is 4. The van der Waals surface area contributed by atoms with Crippen molar-refractivity contribution < 1.29 is 18.0 Å². The number of hydrogen-bond donors (Lipinski definition) is 0. The molecule has 1 atom stereocenters. The lowest BCUT2D eigenvalue weighted by atomic mass is 10.1. The zero-order valence-electron chi connectivity index (χ0n) is 17.7. The quantitative estimate of drug-likeness (QED) is 0.665. The summed E-state index contributed by atoms with van der Waals surface area (Å²) in [5, 5.41) is 8.75. The van der Waals surface area contributed by atoms with Crippen molar-refractivity contribution in [3.8, 4) is 6.07 Å². The maximum absolute atomic E-state index is 13.6. The van der Waals surface area contributed by atoms with E-state index in [0.29, 0.717) is 12.3 Å². The molecule has 164 valence electrons. The van der Waals surface area contributed by atoms with Crippen LogP contribution in [0.3, 0.4) is 0 Å². The molecule has 9 heteroatoms. The van der Waals surface area contributed by atoms with Crippen LogP contribution in [0.15, 0.2) is 30.3 Å². The number of anilines is 2. The highest BCUT2D eigenvalue weighted by molar-refractivity contribution is 8.01. The summed E-state index contributed by atoms with van der Waals surface area (Å²) in [6, 6.07) is 9.90. The first-order chi connectivity index (χ1) is 14.5.